The summed E-state index contributed by atoms with van der Waals surface area (Å²) in [6.45, 7) is 9.40. The smallest absolute Gasteiger partial charge is 0.0757 e. The van der Waals surface area contributed by atoms with Crippen LogP contribution in [0.3, 0.4) is 0 Å². The van der Waals surface area contributed by atoms with E-state index >= 15 is 0 Å². The Labute approximate surface area is 99.3 Å². The van der Waals surface area contributed by atoms with Crippen LogP contribution in [0.4, 0.5) is 0 Å². The molecule has 2 aliphatic rings. The van der Waals surface area contributed by atoms with Crippen molar-refractivity contribution in [1.29, 1.82) is 0 Å². The second kappa shape index (κ2) is 4.63. The van der Waals surface area contributed by atoms with Gasteiger partial charge in [0.05, 0.1) is 11.7 Å². The van der Waals surface area contributed by atoms with Crippen LogP contribution >= 0.6 is 0 Å². The van der Waals surface area contributed by atoms with Gasteiger partial charge in [-0.2, -0.15) is 0 Å². The molecule has 1 aliphatic heterocycles. The van der Waals surface area contributed by atoms with E-state index in [0.29, 0.717) is 12.1 Å². The zero-order valence-electron chi connectivity index (χ0n) is 10.9. The van der Waals surface area contributed by atoms with Gasteiger partial charge in [-0.3, -0.25) is 4.90 Å². The number of hydrogen-bond donors (Lipinski definition) is 1. The lowest BCUT2D eigenvalue weighted by Gasteiger charge is -2.48. The average molecular weight is 226 g/mol. The van der Waals surface area contributed by atoms with E-state index in [4.69, 9.17) is 10.5 Å². The monoisotopic (exact) mass is 226 g/mol. The maximum absolute atomic E-state index is 5.97. The van der Waals surface area contributed by atoms with E-state index in [0.717, 1.165) is 25.6 Å². The SMILES string of the molecule is CC1CN(C(CN)C2CCC2)CC(C)(C)O1. The Morgan fingerprint density at radius 2 is 2.12 bits per heavy atom. The molecular formula is C13H26N2O. The molecule has 1 saturated carbocycles. The van der Waals surface area contributed by atoms with E-state index in [2.05, 4.69) is 25.7 Å². The summed E-state index contributed by atoms with van der Waals surface area (Å²) in [5.41, 5.74) is 5.95. The summed E-state index contributed by atoms with van der Waals surface area (Å²) in [4.78, 5) is 2.57. The summed E-state index contributed by atoms with van der Waals surface area (Å²) >= 11 is 0. The maximum Gasteiger partial charge on any atom is 0.0757 e. The van der Waals surface area contributed by atoms with Crippen LogP contribution in [0.25, 0.3) is 0 Å². The molecule has 0 radical (unpaired) electrons. The van der Waals surface area contributed by atoms with Crippen molar-refractivity contribution < 1.29 is 4.74 Å². The Balaban J connectivity index is 2.00. The third-order valence-electron chi connectivity index (χ3n) is 4.00. The lowest BCUT2D eigenvalue weighted by molar-refractivity contribution is -0.144. The molecule has 2 atom stereocenters. The van der Waals surface area contributed by atoms with Crippen molar-refractivity contribution in [2.45, 2.75) is 57.8 Å². The number of rotatable bonds is 3. The van der Waals surface area contributed by atoms with Crippen LogP contribution in [0.5, 0.6) is 0 Å². The maximum atomic E-state index is 5.97. The van der Waals surface area contributed by atoms with Gasteiger partial charge >= 0.3 is 0 Å². The zero-order chi connectivity index (χ0) is 11.8. The van der Waals surface area contributed by atoms with Gasteiger partial charge in [0.15, 0.2) is 0 Å². The van der Waals surface area contributed by atoms with Gasteiger partial charge in [-0.25, -0.2) is 0 Å². The summed E-state index contributed by atoms with van der Waals surface area (Å²) in [5, 5.41) is 0. The summed E-state index contributed by atoms with van der Waals surface area (Å²) in [7, 11) is 0. The van der Waals surface area contributed by atoms with Crippen LogP contribution in [0.2, 0.25) is 0 Å². The Morgan fingerprint density at radius 3 is 2.56 bits per heavy atom. The molecular weight excluding hydrogens is 200 g/mol. The predicted molar refractivity (Wildman–Crippen MR) is 66.4 cm³/mol. The van der Waals surface area contributed by atoms with Gasteiger partial charge in [0, 0.05) is 25.7 Å². The Hall–Kier alpha value is -0.120. The highest BCUT2D eigenvalue weighted by Gasteiger charge is 2.38. The molecule has 3 nitrogen and oxygen atoms in total. The number of ether oxygens (including phenoxy) is 1. The fraction of sp³-hybridized carbons (Fsp3) is 1.00. The van der Waals surface area contributed by atoms with Crippen molar-refractivity contribution in [3.63, 3.8) is 0 Å². The molecule has 2 fully saturated rings. The van der Waals surface area contributed by atoms with Gasteiger partial charge in [0.25, 0.3) is 0 Å². The first-order valence-corrected chi connectivity index (χ1v) is 6.64. The Morgan fingerprint density at radius 1 is 1.44 bits per heavy atom. The number of morpholine rings is 1. The summed E-state index contributed by atoms with van der Waals surface area (Å²) in [5.74, 6) is 0.839. The predicted octanol–water partition coefficient (Wildman–Crippen LogP) is 1.61. The quantitative estimate of drug-likeness (QED) is 0.794. The third-order valence-corrected chi connectivity index (χ3v) is 4.00. The first kappa shape index (κ1) is 12.3. The van der Waals surface area contributed by atoms with Gasteiger partial charge in [-0.15, -0.1) is 0 Å². The molecule has 0 aromatic rings. The molecule has 2 unspecified atom stereocenters. The molecule has 1 aliphatic carbocycles. The van der Waals surface area contributed by atoms with Crippen molar-refractivity contribution in [1.82, 2.24) is 4.90 Å². The first-order valence-electron chi connectivity index (χ1n) is 6.64. The molecule has 0 aromatic carbocycles. The average Bonchev–Trinajstić information content (AvgIpc) is 2.07. The van der Waals surface area contributed by atoms with Crippen LogP contribution in [0, 0.1) is 5.92 Å². The summed E-state index contributed by atoms with van der Waals surface area (Å²) in [6, 6.07) is 0.583. The molecule has 2 rings (SSSR count). The van der Waals surface area contributed by atoms with E-state index in [1.807, 2.05) is 0 Å². The molecule has 94 valence electrons. The van der Waals surface area contributed by atoms with Crippen LogP contribution in [-0.4, -0.2) is 42.3 Å². The summed E-state index contributed by atoms with van der Waals surface area (Å²) < 4.78 is 5.95. The van der Waals surface area contributed by atoms with Crippen molar-refractivity contribution in [3.05, 3.63) is 0 Å². The van der Waals surface area contributed by atoms with Crippen molar-refractivity contribution >= 4 is 0 Å². The lowest BCUT2D eigenvalue weighted by atomic mass is 9.78. The minimum atomic E-state index is -0.0190. The van der Waals surface area contributed by atoms with Gasteiger partial charge < -0.3 is 10.5 Å². The second-order valence-electron chi connectivity index (χ2n) is 6.11. The van der Waals surface area contributed by atoms with Crippen molar-refractivity contribution in [2.75, 3.05) is 19.6 Å². The highest BCUT2D eigenvalue weighted by molar-refractivity contribution is 4.91. The topological polar surface area (TPSA) is 38.5 Å². The Bertz CT molecular complexity index is 238. The van der Waals surface area contributed by atoms with Gasteiger partial charge in [-0.1, -0.05) is 6.42 Å². The zero-order valence-corrected chi connectivity index (χ0v) is 10.9. The molecule has 0 spiro atoms. The standard InChI is InChI=1S/C13H26N2O/c1-10-8-15(9-13(2,3)16-10)12(7-14)11-5-4-6-11/h10-12H,4-9,14H2,1-3H3. The molecule has 1 heterocycles. The van der Waals surface area contributed by atoms with Gasteiger partial charge in [0.1, 0.15) is 0 Å². The molecule has 0 bridgehead atoms. The fourth-order valence-corrected chi connectivity index (χ4v) is 3.22. The van der Waals surface area contributed by atoms with Crippen molar-refractivity contribution in [3.8, 4) is 0 Å². The molecule has 16 heavy (non-hydrogen) atoms. The summed E-state index contributed by atoms with van der Waals surface area (Å²) in [6.07, 6.45) is 4.46. The van der Waals surface area contributed by atoms with Crippen LogP contribution in [-0.2, 0) is 4.74 Å². The van der Waals surface area contributed by atoms with E-state index in [1.165, 1.54) is 19.3 Å². The molecule has 0 amide bonds. The van der Waals surface area contributed by atoms with E-state index in [-0.39, 0.29) is 5.60 Å². The Kier molecular flexibility index (Phi) is 3.57. The molecule has 3 heteroatoms. The number of nitrogens with zero attached hydrogens (tertiary/aromatic N) is 1. The molecule has 1 saturated heterocycles. The molecule has 0 aromatic heterocycles. The largest absolute Gasteiger partial charge is 0.370 e. The van der Waals surface area contributed by atoms with Gasteiger partial charge in [-0.05, 0) is 39.5 Å². The normalized spacial score (nSPS) is 33.4. The minimum absolute atomic E-state index is 0.0190. The second-order valence-corrected chi connectivity index (χ2v) is 6.11. The lowest BCUT2D eigenvalue weighted by Crippen LogP contribution is -2.59. The van der Waals surface area contributed by atoms with Crippen molar-refractivity contribution in [2.24, 2.45) is 11.7 Å². The third kappa shape index (κ3) is 2.58. The number of hydrogen-bond acceptors (Lipinski definition) is 3. The van der Waals surface area contributed by atoms with Gasteiger partial charge in [0.2, 0.25) is 0 Å². The van der Waals surface area contributed by atoms with Crippen LogP contribution < -0.4 is 5.73 Å². The van der Waals surface area contributed by atoms with E-state index < -0.39 is 0 Å². The van der Waals surface area contributed by atoms with E-state index in [9.17, 15) is 0 Å². The molecule has 2 N–H and O–H groups in total. The van der Waals surface area contributed by atoms with E-state index in [1.54, 1.807) is 0 Å². The highest BCUT2D eigenvalue weighted by Crippen LogP contribution is 2.34. The fourth-order valence-electron chi connectivity index (χ4n) is 3.22. The first-order chi connectivity index (χ1) is 7.52. The minimum Gasteiger partial charge on any atom is -0.370 e. The van der Waals surface area contributed by atoms with Crippen LogP contribution in [0.1, 0.15) is 40.0 Å². The highest BCUT2D eigenvalue weighted by atomic mass is 16.5. The number of nitrogens with two attached hydrogens (primary N) is 1. The van der Waals surface area contributed by atoms with Crippen LogP contribution in [0.15, 0.2) is 0 Å².